The van der Waals surface area contributed by atoms with E-state index in [-0.39, 0.29) is 9.52 Å². The summed E-state index contributed by atoms with van der Waals surface area (Å²) < 4.78 is 0. The van der Waals surface area contributed by atoms with Crippen molar-refractivity contribution in [2.24, 2.45) is 0 Å². The Morgan fingerprint density at radius 2 is 2.10 bits per heavy atom. The van der Waals surface area contributed by atoms with Crippen LogP contribution >= 0.6 is 15.3 Å². The Morgan fingerprint density at radius 3 is 2.40 bits per heavy atom. The van der Waals surface area contributed by atoms with E-state index in [9.17, 15) is 0 Å². The summed E-state index contributed by atoms with van der Waals surface area (Å²) in [7, 11) is 0.107. The van der Waals surface area contributed by atoms with Crippen LogP contribution in [0.3, 0.4) is 0 Å². The molecule has 0 heterocycles. The smallest absolute Gasteiger partial charge is 0.121 e. The van der Waals surface area contributed by atoms with E-state index in [0.29, 0.717) is 0 Å². The predicted molar refractivity (Wildman–Crippen MR) is 59.2 cm³/mol. The van der Waals surface area contributed by atoms with Crippen molar-refractivity contribution in [2.45, 2.75) is 32.6 Å². The molecular formula is C7H17BrSi2. The van der Waals surface area contributed by atoms with Crippen molar-refractivity contribution in [3.63, 3.8) is 0 Å². The van der Waals surface area contributed by atoms with Crippen molar-refractivity contribution < 1.29 is 0 Å². The lowest BCUT2D eigenvalue weighted by Gasteiger charge is -2.11. The first kappa shape index (κ1) is 10.7. The molecule has 0 saturated carbocycles. The lowest BCUT2D eigenvalue weighted by molar-refractivity contribution is 1.55. The Balaban J connectivity index is 3.56. The second-order valence-corrected chi connectivity index (χ2v) is 16.8. The standard InChI is InChI=1S/C7H17BrSi2/c1-5-7(2)9-6-10(3,4)8/h5H,6,9H2,1-4H3. The van der Waals surface area contributed by atoms with E-state index in [4.69, 9.17) is 0 Å². The van der Waals surface area contributed by atoms with Gasteiger partial charge in [0.15, 0.2) is 0 Å². The number of allylic oxidation sites excluding steroid dienone is 2. The molecule has 60 valence electrons. The molecule has 0 nitrogen and oxygen atoms in total. The van der Waals surface area contributed by atoms with Gasteiger partial charge in [-0.25, -0.2) is 0 Å². The second-order valence-electron chi connectivity index (χ2n) is 3.35. The van der Waals surface area contributed by atoms with Crippen molar-refractivity contribution >= 4 is 31.5 Å². The van der Waals surface area contributed by atoms with E-state index in [1.807, 2.05) is 0 Å². The van der Waals surface area contributed by atoms with Crippen LogP contribution in [0.4, 0.5) is 0 Å². The van der Waals surface area contributed by atoms with Crippen molar-refractivity contribution in [3.05, 3.63) is 11.3 Å². The minimum Gasteiger partial charge on any atom is -0.127 e. The molecule has 0 fully saturated rings. The van der Waals surface area contributed by atoms with Crippen molar-refractivity contribution in [3.8, 4) is 0 Å². The van der Waals surface area contributed by atoms with E-state index >= 15 is 0 Å². The van der Waals surface area contributed by atoms with E-state index < -0.39 is 6.69 Å². The minimum atomic E-state index is -0.903. The molecule has 0 atom stereocenters. The molecule has 0 rings (SSSR count). The number of hydrogen-bond acceptors (Lipinski definition) is 0. The molecule has 0 aromatic rings. The van der Waals surface area contributed by atoms with Crippen LogP contribution in [0, 0.1) is 0 Å². The largest absolute Gasteiger partial charge is 0.127 e. The summed E-state index contributed by atoms with van der Waals surface area (Å²) in [4.78, 5) is 0. The van der Waals surface area contributed by atoms with Gasteiger partial charge in [-0.2, -0.15) is 0 Å². The molecular weight excluding hydrogens is 220 g/mol. The maximum atomic E-state index is 3.78. The predicted octanol–water partition coefficient (Wildman–Crippen LogP) is 2.64. The highest BCUT2D eigenvalue weighted by atomic mass is 79.9. The van der Waals surface area contributed by atoms with Crippen LogP contribution < -0.4 is 0 Å². The van der Waals surface area contributed by atoms with Gasteiger partial charge in [0, 0.05) is 9.52 Å². The summed E-state index contributed by atoms with van der Waals surface area (Å²) in [5.41, 5.74) is 1.49. The molecule has 0 aromatic carbocycles. The summed E-state index contributed by atoms with van der Waals surface area (Å²) in [5.74, 6) is 0. The summed E-state index contributed by atoms with van der Waals surface area (Å²) >= 11 is 3.78. The van der Waals surface area contributed by atoms with Crippen LogP contribution in [0.1, 0.15) is 13.8 Å². The lowest BCUT2D eigenvalue weighted by Crippen LogP contribution is -2.18. The topological polar surface area (TPSA) is 0 Å². The molecule has 0 amide bonds. The Morgan fingerprint density at radius 1 is 1.60 bits per heavy atom. The lowest BCUT2D eigenvalue weighted by atomic mass is 10.6. The maximum Gasteiger partial charge on any atom is 0.121 e. The molecule has 0 radical (unpaired) electrons. The Kier molecular flexibility index (Phi) is 4.81. The van der Waals surface area contributed by atoms with Crippen molar-refractivity contribution in [2.75, 3.05) is 0 Å². The molecule has 0 aliphatic heterocycles. The van der Waals surface area contributed by atoms with Crippen molar-refractivity contribution in [1.82, 2.24) is 0 Å². The fraction of sp³-hybridized carbons (Fsp3) is 0.714. The van der Waals surface area contributed by atoms with Gasteiger partial charge in [-0.05, 0) is 13.8 Å². The van der Waals surface area contributed by atoms with E-state index in [2.05, 4.69) is 48.3 Å². The summed E-state index contributed by atoms with van der Waals surface area (Å²) in [6, 6.07) is 0. The van der Waals surface area contributed by atoms with E-state index in [1.165, 1.54) is 5.67 Å². The molecule has 0 aliphatic carbocycles. The van der Waals surface area contributed by atoms with Crippen LogP contribution in [0.15, 0.2) is 11.3 Å². The van der Waals surface area contributed by atoms with Crippen LogP contribution in [-0.2, 0) is 0 Å². The number of rotatable bonds is 3. The fourth-order valence-corrected chi connectivity index (χ4v) is 6.67. The second kappa shape index (κ2) is 4.52. The Bertz CT molecular complexity index is 124. The summed E-state index contributed by atoms with van der Waals surface area (Å²) in [6.45, 7) is 8.26. The summed E-state index contributed by atoms with van der Waals surface area (Å²) in [5, 5.41) is 1.65. The number of hydrogen-bond donors (Lipinski definition) is 0. The van der Waals surface area contributed by atoms with Gasteiger partial charge in [0.25, 0.3) is 0 Å². The molecule has 3 heteroatoms. The molecule has 0 aliphatic rings. The molecule has 10 heavy (non-hydrogen) atoms. The average molecular weight is 237 g/mol. The third-order valence-corrected chi connectivity index (χ3v) is 12.1. The Hall–Kier alpha value is 0.654. The van der Waals surface area contributed by atoms with Crippen LogP contribution in [0.2, 0.25) is 18.8 Å². The molecule has 0 bridgehead atoms. The highest BCUT2D eigenvalue weighted by Crippen LogP contribution is 2.16. The van der Waals surface area contributed by atoms with Gasteiger partial charge in [-0.3, -0.25) is 0 Å². The van der Waals surface area contributed by atoms with Gasteiger partial charge >= 0.3 is 0 Å². The molecule has 0 spiro atoms. The third-order valence-electron chi connectivity index (χ3n) is 1.61. The SMILES string of the molecule is CC=C(C)[SiH2]C[Si](C)(C)Br. The van der Waals surface area contributed by atoms with Crippen LogP contribution in [-0.4, -0.2) is 16.2 Å². The fourth-order valence-electron chi connectivity index (χ4n) is 0.639. The first-order valence-electron chi connectivity index (χ1n) is 3.76. The molecule has 0 aromatic heterocycles. The zero-order valence-electron chi connectivity index (χ0n) is 7.37. The van der Waals surface area contributed by atoms with E-state index in [0.717, 1.165) is 0 Å². The quantitative estimate of drug-likeness (QED) is 0.523. The average Bonchev–Trinajstić information content (AvgIpc) is 1.81. The third kappa shape index (κ3) is 6.77. The van der Waals surface area contributed by atoms with Gasteiger partial charge < -0.3 is 0 Å². The molecule has 0 unspecified atom stereocenters. The normalized spacial score (nSPS) is 15.1. The summed E-state index contributed by atoms with van der Waals surface area (Å²) in [6.07, 6.45) is 2.26. The maximum absolute atomic E-state index is 3.78. The Labute approximate surface area is 75.5 Å². The highest BCUT2D eigenvalue weighted by molar-refractivity contribution is 9.26. The first-order valence-corrected chi connectivity index (χ1v) is 10.9. The number of halogens is 1. The van der Waals surface area contributed by atoms with Gasteiger partial charge in [-0.1, -0.05) is 30.0 Å². The van der Waals surface area contributed by atoms with Gasteiger partial charge in [0.05, 0.1) is 0 Å². The van der Waals surface area contributed by atoms with Crippen LogP contribution in [0.5, 0.6) is 0 Å². The zero-order chi connectivity index (χ0) is 8.20. The zero-order valence-corrected chi connectivity index (χ0v) is 11.4. The van der Waals surface area contributed by atoms with Gasteiger partial charge in [0.2, 0.25) is 0 Å². The molecule has 0 N–H and O–H groups in total. The first-order chi connectivity index (χ1) is 4.45. The highest BCUT2D eigenvalue weighted by Gasteiger charge is 2.14. The van der Waals surface area contributed by atoms with Crippen molar-refractivity contribution in [1.29, 1.82) is 0 Å². The molecule has 0 saturated heterocycles. The van der Waals surface area contributed by atoms with Crippen LogP contribution in [0.25, 0.3) is 0 Å². The minimum absolute atomic E-state index is 0.107. The van der Waals surface area contributed by atoms with Gasteiger partial charge in [-0.15, -0.1) is 15.3 Å². The van der Waals surface area contributed by atoms with E-state index in [1.54, 1.807) is 5.20 Å². The van der Waals surface area contributed by atoms with Gasteiger partial charge in [0.1, 0.15) is 6.69 Å². The monoisotopic (exact) mass is 236 g/mol.